The highest BCUT2D eigenvalue weighted by Crippen LogP contribution is 2.27. The van der Waals surface area contributed by atoms with Gasteiger partial charge in [-0.05, 0) is 49.4 Å². The predicted molar refractivity (Wildman–Crippen MR) is 99.5 cm³/mol. The van der Waals surface area contributed by atoms with E-state index in [1.54, 1.807) is 36.4 Å². The summed E-state index contributed by atoms with van der Waals surface area (Å²) in [4.78, 5) is 34.7. The molecule has 0 aliphatic heterocycles. The second kappa shape index (κ2) is 9.59. The number of amides is 1. The molecule has 0 aromatic heterocycles. The van der Waals surface area contributed by atoms with Gasteiger partial charge in [0.1, 0.15) is 17.8 Å². The molecular formula is C19H18ClNO6. The van der Waals surface area contributed by atoms with E-state index in [1.807, 2.05) is 0 Å². The number of carbonyl (C=O) groups excluding carboxylic acids is 3. The molecule has 2 aromatic rings. The van der Waals surface area contributed by atoms with Crippen LogP contribution in [0.25, 0.3) is 0 Å². The van der Waals surface area contributed by atoms with E-state index in [1.165, 1.54) is 20.1 Å². The summed E-state index contributed by atoms with van der Waals surface area (Å²) < 4.78 is 15.5. The van der Waals surface area contributed by atoms with Crippen LogP contribution in [0.1, 0.15) is 17.3 Å². The molecule has 1 amide bonds. The maximum atomic E-state index is 12.2. The Bertz CT molecular complexity index is 821. The fraction of sp³-hybridized carbons (Fsp3) is 0.211. The summed E-state index contributed by atoms with van der Waals surface area (Å²) >= 11 is 5.91. The Morgan fingerprint density at radius 3 is 2.52 bits per heavy atom. The lowest BCUT2D eigenvalue weighted by molar-refractivity contribution is -0.155. The first-order valence-electron chi connectivity index (χ1n) is 7.95. The predicted octanol–water partition coefficient (Wildman–Crippen LogP) is 3.11. The molecule has 0 aliphatic carbocycles. The van der Waals surface area contributed by atoms with Crippen molar-refractivity contribution in [3.05, 3.63) is 53.1 Å². The van der Waals surface area contributed by atoms with E-state index in [-0.39, 0.29) is 6.61 Å². The van der Waals surface area contributed by atoms with Crippen LogP contribution >= 0.6 is 11.6 Å². The van der Waals surface area contributed by atoms with Crippen molar-refractivity contribution in [2.45, 2.75) is 13.0 Å². The number of benzene rings is 2. The van der Waals surface area contributed by atoms with Crippen molar-refractivity contribution in [3.8, 4) is 11.5 Å². The third-order valence-corrected chi connectivity index (χ3v) is 3.70. The molecule has 0 saturated carbocycles. The van der Waals surface area contributed by atoms with Crippen molar-refractivity contribution >= 4 is 35.5 Å². The van der Waals surface area contributed by atoms with E-state index in [4.69, 9.17) is 25.8 Å². The molecular weight excluding hydrogens is 374 g/mol. The molecule has 142 valence electrons. The zero-order chi connectivity index (χ0) is 19.8. The molecule has 2 rings (SSSR count). The number of hydrogen-bond acceptors (Lipinski definition) is 6. The molecule has 8 heteroatoms. The third kappa shape index (κ3) is 6.00. The largest absolute Gasteiger partial charge is 0.495 e. The highest BCUT2D eigenvalue weighted by atomic mass is 35.5. The van der Waals surface area contributed by atoms with Crippen molar-refractivity contribution in [2.75, 3.05) is 19.0 Å². The number of nitrogens with one attached hydrogen (secondary N) is 1. The van der Waals surface area contributed by atoms with Gasteiger partial charge in [0.05, 0.1) is 12.8 Å². The standard InChI is InChI=1S/C19H18ClNO6/c1-12(19(24)21-16-9-14(20)5-8-17(16)25-2)27-18(23)11-26-15-6-3-13(10-22)4-7-15/h3-10,12H,11H2,1-2H3,(H,21,24)/t12-/m1/s1. The molecule has 0 fully saturated rings. The highest BCUT2D eigenvalue weighted by Gasteiger charge is 2.19. The quantitative estimate of drug-likeness (QED) is 0.549. The van der Waals surface area contributed by atoms with E-state index in [0.717, 1.165) is 0 Å². The number of anilines is 1. The molecule has 0 unspecified atom stereocenters. The zero-order valence-electron chi connectivity index (χ0n) is 14.7. The zero-order valence-corrected chi connectivity index (χ0v) is 15.5. The van der Waals surface area contributed by atoms with Crippen LogP contribution in [-0.4, -0.2) is 38.0 Å². The molecule has 0 aliphatic rings. The minimum absolute atomic E-state index is 0.365. The van der Waals surface area contributed by atoms with Gasteiger partial charge < -0.3 is 19.5 Å². The lowest BCUT2D eigenvalue weighted by Gasteiger charge is -2.15. The van der Waals surface area contributed by atoms with Crippen molar-refractivity contribution in [2.24, 2.45) is 0 Å². The first kappa shape index (κ1) is 20.3. The molecule has 0 saturated heterocycles. The van der Waals surface area contributed by atoms with Crippen molar-refractivity contribution < 1.29 is 28.6 Å². The van der Waals surface area contributed by atoms with Crippen LogP contribution in [0.4, 0.5) is 5.69 Å². The van der Waals surface area contributed by atoms with Crippen LogP contribution in [0.3, 0.4) is 0 Å². The number of aldehydes is 1. The molecule has 0 bridgehead atoms. The summed E-state index contributed by atoms with van der Waals surface area (Å²) in [5.74, 6) is -0.430. The first-order chi connectivity index (χ1) is 12.9. The lowest BCUT2D eigenvalue weighted by atomic mass is 10.2. The normalized spacial score (nSPS) is 11.2. The number of esters is 1. The van der Waals surface area contributed by atoms with Crippen molar-refractivity contribution in [1.29, 1.82) is 0 Å². The molecule has 7 nitrogen and oxygen atoms in total. The topological polar surface area (TPSA) is 90.9 Å². The van der Waals surface area contributed by atoms with E-state index >= 15 is 0 Å². The van der Waals surface area contributed by atoms with Gasteiger partial charge in [0.25, 0.3) is 5.91 Å². The number of methoxy groups -OCH3 is 1. The van der Waals surface area contributed by atoms with Gasteiger partial charge in [-0.1, -0.05) is 11.6 Å². The number of rotatable bonds is 8. The monoisotopic (exact) mass is 391 g/mol. The number of halogens is 1. The summed E-state index contributed by atoms with van der Waals surface area (Å²) in [5, 5.41) is 3.02. The van der Waals surface area contributed by atoms with Crippen LogP contribution in [0.2, 0.25) is 5.02 Å². The van der Waals surface area contributed by atoms with Crippen LogP contribution < -0.4 is 14.8 Å². The third-order valence-electron chi connectivity index (χ3n) is 3.47. The number of carbonyl (C=O) groups is 3. The second-order valence-electron chi connectivity index (χ2n) is 5.44. The summed E-state index contributed by atoms with van der Waals surface area (Å²) in [5.41, 5.74) is 0.857. The van der Waals surface area contributed by atoms with Gasteiger partial charge in [-0.3, -0.25) is 9.59 Å². The van der Waals surface area contributed by atoms with E-state index in [2.05, 4.69) is 5.32 Å². The molecule has 27 heavy (non-hydrogen) atoms. The van der Waals surface area contributed by atoms with Gasteiger partial charge in [-0.25, -0.2) is 4.79 Å². The number of ether oxygens (including phenoxy) is 3. The number of hydrogen-bond donors (Lipinski definition) is 1. The van der Waals surface area contributed by atoms with Crippen molar-refractivity contribution in [3.63, 3.8) is 0 Å². The second-order valence-corrected chi connectivity index (χ2v) is 5.88. The molecule has 2 aromatic carbocycles. The molecule has 1 atom stereocenters. The Morgan fingerprint density at radius 2 is 1.89 bits per heavy atom. The maximum Gasteiger partial charge on any atom is 0.344 e. The van der Waals surface area contributed by atoms with Crippen LogP contribution in [0.5, 0.6) is 11.5 Å². The fourth-order valence-electron chi connectivity index (χ4n) is 2.08. The van der Waals surface area contributed by atoms with Gasteiger partial charge >= 0.3 is 5.97 Å². The summed E-state index contributed by atoms with van der Waals surface area (Å²) in [6, 6.07) is 11.0. The lowest BCUT2D eigenvalue weighted by Crippen LogP contribution is -2.31. The Kier molecular flexibility index (Phi) is 7.19. The Hall–Kier alpha value is -3.06. The van der Waals surface area contributed by atoms with E-state index in [0.29, 0.717) is 34.1 Å². The van der Waals surface area contributed by atoms with Crippen LogP contribution in [0.15, 0.2) is 42.5 Å². The average Bonchev–Trinajstić information content (AvgIpc) is 2.67. The Balaban J connectivity index is 1.86. The first-order valence-corrected chi connectivity index (χ1v) is 8.32. The maximum absolute atomic E-state index is 12.2. The smallest absolute Gasteiger partial charge is 0.344 e. The van der Waals surface area contributed by atoms with Gasteiger partial charge in [0.15, 0.2) is 12.7 Å². The Labute approximate surface area is 161 Å². The summed E-state index contributed by atoms with van der Waals surface area (Å²) in [6.07, 6.45) is -0.352. The van der Waals surface area contributed by atoms with Gasteiger partial charge in [-0.2, -0.15) is 0 Å². The molecule has 0 heterocycles. The molecule has 0 radical (unpaired) electrons. The summed E-state index contributed by atoms with van der Waals surface area (Å²) in [7, 11) is 1.46. The average molecular weight is 392 g/mol. The van der Waals surface area contributed by atoms with Gasteiger partial charge in [0, 0.05) is 10.6 Å². The Morgan fingerprint density at radius 1 is 1.19 bits per heavy atom. The van der Waals surface area contributed by atoms with Gasteiger partial charge in [0.2, 0.25) is 0 Å². The fourth-order valence-corrected chi connectivity index (χ4v) is 2.25. The van der Waals surface area contributed by atoms with Crippen LogP contribution in [-0.2, 0) is 14.3 Å². The molecule has 0 spiro atoms. The van der Waals surface area contributed by atoms with E-state index < -0.39 is 18.0 Å². The highest BCUT2D eigenvalue weighted by molar-refractivity contribution is 6.31. The van der Waals surface area contributed by atoms with E-state index in [9.17, 15) is 14.4 Å². The van der Waals surface area contributed by atoms with Crippen LogP contribution in [0, 0.1) is 0 Å². The minimum Gasteiger partial charge on any atom is -0.495 e. The molecule has 1 N–H and O–H groups in total. The summed E-state index contributed by atoms with van der Waals surface area (Å²) in [6.45, 7) is 1.06. The minimum atomic E-state index is -1.05. The van der Waals surface area contributed by atoms with Crippen molar-refractivity contribution in [1.82, 2.24) is 0 Å². The SMILES string of the molecule is COc1ccc(Cl)cc1NC(=O)[C@@H](C)OC(=O)COc1ccc(C=O)cc1. The van der Waals surface area contributed by atoms with Gasteiger partial charge in [-0.15, -0.1) is 0 Å².